The molecule has 0 N–H and O–H groups in total. The van der Waals surface area contributed by atoms with E-state index in [2.05, 4.69) is 119 Å². The molecule has 3 aliphatic rings. The Bertz CT molecular complexity index is 1250. The molecule has 5 rings (SSSR count). The minimum atomic E-state index is -0.0153. The largest absolute Gasteiger partial charge is 0.370 e. The molecule has 3 atom stereocenters. The van der Waals surface area contributed by atoms with Crippen molar-refractivity contribution in [3.05, 3.63) is 82.4 Å². The Kier molecular flexibility index (Phi) is 6.03. The van der Waals surface area contributed by atoms with Gasteiger partial charge in [-0.2, -0.15) is 4.58 Å². The molecule has 3 heteroatoms. The van der Waals surface area contributed by atoms with Crippen molar-refractivity contribution in [2.75, 3.05) is 19.0 Å². The maximum absolute atomic E-state index is 7.24. The van der Waals surface area contributed by atoms with Crippen LogP contribution in [0.5, 0.6) is 0 Å². The predicted octanol–water partition coefficient (Wildman–Crippen LogP) is 7.97. The first kappa shape index (κ1) is 24.4. The van der Waals surface area contributed by atoms with E-state index >= 15 is 0 Å². The van der Waals surface area contributed by atoms with E-state index < -0.39 is 0 Å². The average Bonchev–Trinajstić information content (AvgIpc) is 3.16. The Morgan fingerprint density at radius 1 is 1.00 bits per heavy atom. The minimum Gasteiger partial charge on any atom is -0.370 e. The molecular formula is C32H40ClN2+. The van der Waals surface area contributed by atoms with Gasteiger partial charge in [0.25, 0.3) is 0 Å². The summed E-state index contributed by atoms with van der Waals surface area (Å²) in [5, 5.41) is 1.08. The zero-order chi connectivity index (χ0) is 25.1. The van der Waals surface area contributed by atoms with Crippen LogP contribution in [0.1, 0.15) is 65.0 Å². The van der Waals surface area contributed by atoms with Crippen LogP contribution < -0.4 is 4.90 Å². The van der Waals surface area contributed by atoms with Gasteiger partial charge < -0.3 is 4.90 Å². The maximum atomic E-state index is 7.24. The smallest absolute Gasteiger partial charge is 0.209 e. The predicted molar refractivity (Wildman–Crippen MR) is 151 cm³/mol. The van der Waals surface area contributed by atoms with Crippen molar-refractivity contribution < 1.29 is 4.58 Å². The third-order valence-corrected chi connectivity index (χ3v) is 9.77. The molecule has 184 valence electrons. The van der Waals surface area contributed by atoms with E-state index in [-0.39, 0.29) is 10.8 Å². The lowest BCUT2D eigenvalue weighted by molar-refractivity contribution is -0.401. The Balaban J connectivity index is 1.44. The van der Waals surface area contributed by atoms with Crippen LogP contribution in [0.3, 0.4) is 0 Å². The van der Waals surface area contributed by atoms with Crippen LogP contribution in [0.15, 0.2) is 71.3 Å². The van der Waals surface area contributed by atoms with Gasteiger partial charge in [0.15, 0.2) is 5.71 Å². The standard InChI is InChI=1S/C32H40ClN2/c1-21(30-32(4,5)25-16-9-11-18-27(25)35(30)7)23-14-12-13-22(29(23)33)19-20-28-31(2,3)24-15-8-10-17-26(24)34(28)6/h8-11,15-21,23,30H,12-14H2,1-7H3/q+1/b20-19+/t21-,23-,30+/m1/s1. The zero-order valence-corrected chi connectivity index (χ0v) is 23.2. The summed E-state index contributed by atoms with van der Waals surface area (Å²) in [4.78, 5) is 2.51. The molecule has 0 fully saturated rings. The van der Waals surface area contributed by atoms with E-state index in [1.54, 1.807) is 0 Å². The molecule has 2 nitrogen and oxygen atoms in total. The molecule has 0 amide bonds. The number of rotatable bonds is 4. The fourth-order valence-electron chi connectivity index (χ4n) is 7.48. The molecule has 0 bridgehead atoms. The summed E-state index contributed by atoms with van der Waals surface area (Å²) in [6.07, 6.45) is 8.07. The van der Waals surface area contributed by atoms with E-state index in [9.17, 15) is 0 Å². The number of benzene rings is 2. The summed E-state index contributed by atoms with van der Waals surface area (Å²) in [5.74, 6) is 0.851. The second-order valence-electron chi connectivity index (χ2n) is 11.9. The van der Waals surface area contributed by atoms with Gasteiger partial charge in [0, 0.05) is 46.9 Å². The molecule has 0 saturated heterocycles. The van der Waals surface area contributed by atoms with Crippen LogP contribution in [-0.4, -0.2) is 30.4 Å². The second-order valence-corrected chi connectivity index (χ2v) is 12.4. The first-order valence-electron chi connectivity index (χ1n) is 13.2. The minimum absolute atomic E-state index is 0.0153. The molecule has 2 aromatic rings. The summed E-state index contributed by atoms with van der Waals surface area (Å²) in [7, 11) is 4.45. The Labute approximate surface area is 217 Å². The normalized spacial score (nSPS) is 25.9. The van der Waals surface area contributed by atoms with E-state index in [0.717, 1.165) is 11.5 Å². The lowest BCUT2D eigenvalue weighted by Gasteiger charge is -2.42. The van der Waals surface area contributed by atoms with Crippen LogP contribution in [0, 0.1) is 11.8 Å². The van der Waals surface area contributed by atoms with Crippen LogP contribution in [-0.2, 0) is 10.8 Å². The van der Waals surface area contributed by atoms with Gasteiger partial charge in [-0.3, -0.25) is 0 Å². The van der Waals surface area contributed by atoms with Gasteiger partial charge >= 0.3 is 0 Å². The Morgan fingerprint density at radius 3 is 2.34 bits per heavy atom. The highest BCUT2D eigenvalue weighted by Crippen LogP contribution is 2.51. The monoisotopic (exact) mass is 487 g/mol. The molecule has 0 saturated carbocycles. The third-order valence-electron chi connectivity index (χ3n) is 9.24. The summed E-state index contributed by atoms with van der Waals surface area (Å²) >= 11 is 7.24. The highest BCUT2D eigenvalue weighted by atomic mass is 35.5. The quantitative estimate of drug-likeness (QED) is 0.396. The molecular weight excluding hydrogens is 448 g/mol. The molecule has 0 unspecified atom stereocenters. The Hall–Kier alpha value is -2.32. The number of para-hydroxylation sites is 2. The van der Waals surface area contributed by atoms with Crippen LogP contribution in [0.2, 0.25) is 0 Å². The first-order chi connectivity index (χ1) is 16.6. The summed E-state index contributed by atoms with van der Waals surface area (Å²) < 4.78 is 2.34. The molecule has 0 radical (unpaired) electrons. The van der Waals surface area contributed by atoms with E-state index in [4.69, 9.17) is 11.6 Å². The zero-order valence-electron chi connectivity index (χ0n) is 22.4. The third kappa shape index (κ3) is 3.71. The number of fused-ring (bicyclic) bond motifs is 2. The maximum Gasteiger partial charge on any atom is 0.209 e. The lowest BCUT2D eigenvalue weighted by atomic mass is 9.69. The van der Waals surface area contributed by atoms with Crippen molar-refractivity contribution in [3.63, 3.8) is 0 Å². The number of halogens is 1. The highest BCUT2D eigenvalue weighted by molar-refractivity contribution is 6.30. The van der Waals surface area contributed by atoms with Gasteiger partial charge in [-0.25, -0.2) is 0 Å². The molecule has 1 aliphatic carbocycles. The SMILES string of the molecule is C[C@@H]([C@@H]1N(C)c2ccccc2C1(C)C)[C@H]1CCCC(/C=C/C2=[N+](C)c3ccccc3C2(C)C)=C1Cl. The first-order valence-corrected chi connectivity index (χ1v) is 13.5. The van der Waals surface area contributed by atoms with Crippen molar-refractivity contribution in [2.45, 2.75) is 70.8 Å². The number of anilines is 1. The molecule has 2 heterocycles. The Morgan fingerprint density at radius 2 is 1.66 bits per heavy atom. The molecule has 2 aromatic carbocycles. The number of allylic oxidation sites excluding steroid dienone is 4. The number of hydrogen-bond acceptors (Lipinski definition) is 1. The van der Waals surface area contributed by atoms with Crippen molar-refractivity contribution in [3.8, 4) is 0 Å². The molecule has 0 spiro atoms. The topological polar surface area (TPSA) is 6.25 Å². The molecule has 35 heavy (non-hydrogen) atoms. The lowest BCUT2D eigenvalue weighted by Crippen LogP contribution is -2.47. The van der Waals surface area contributed by atoms with Gasteiger partial charge in [-0.05, 0) is 62.1 Å². The second kappa shape index (κ2) is 8.66. The van der Waals surface area contributed by atoms with Crippen molar-refractivity contribution in [1.82, 2.24) is 0 Å². The average molecular weight is 488 g/mol. The fourth-order valence-corrected chi connectivity index (χ4v) is 7.95. The van der Waals surface area contributed by atoms with Crippen LogP contribution >= 0.6 is 11.6 Å². The summed E-state index contributed by atoms with van der Waals surface area (Å²) in [5.41, 5.74) is 8.25. The summed E-state index contributed by atoms with van der Waals surface area (Å²) in [6.45, 7) is 11.9. The van der Waals surface area contributed by atoms with Crippen LogP contribution in [0.4, 0.5) is 11.4 Å². The number of hydrogen-bond donors (Lipinski definition) is 0. The summed E-state index contributed by atoms with van der Waals surface area (Å²) in [6, 6.07) is 18.1. The number of likely N-dealkylation sites (N-methyl/N-ethyl adjacent to an activating group) is 1. The highest BCUT2D eigenvalue weighted by Gasteiger charge is 2.48. The molecule has 0 aromatic heterocycles. The van der Waals surface area contributed by atoms with E-state index in [1.165, 1.54) is 46.6 Å². The van der Waals surface area contributed by atoms with Gasteiger partial charge in [0.1, 0.15) is 7.05 Å². The van der Waals surface area contributed by atoms with Crippen LogP contribution in [0.25, 0.3) is 0 Å². The van der Waals surface area contributed by atoms with Crippen molar-refractivity contribution in [2.24, 2.45) is 11.8 Å². The van der Waals surface area contributed by atoms with Gasteiger partial charge in [-0.1, -0.05) is 74.8 Å². The van der Waals surface area contributed by atoms with Gasteiger partial charge in [0.2, 0.25) is 5.69 Å². The van der Waals surface area contributed by atoms with Gasteiger partial charge in [0.05, 0.1) is 5.41 Å². The van der Waals surface area contributed by atoms with Crippen molar-refractivity contribution >= 4 is 28.7 Å². The fraction of sp³-hybridized carbons (Fsp3) is 0.469. The van der Waals surface area contributed by atoms with Crippen molar-refractivity contribution in [1.29, 1.82) is 0 Å². The number of nitrogens with zero attached hydrogens (tertiary/aromatic N) is 2. The molecule has 2 aliphatic heterocycles. The van der Waals surface area contributed by atoms with E-state index in [1.807, 2.05) is 0 Å². The van der Waals surface area contributed by atoms with E-state index in [0.29, 0.717) is 17.9 Å². The van der Waals surface area contributed by atoms with Gasteiger partial charge in [-0.15, -0.1) is 0 Å².